The molecule has 3 rings (SSSR count). The second kappa shape index (κ2) is 11.5. The van der Waals surface area contributed by atoms with E-state index < -0.39 is 12.1 Å². The van der Waals surface area contributed by atoms with Gasteiger partial charge in [-0.3, -0.25) is 15.4 Å². The molecule has 1 aliphatic heterocycles. The highest BCUT2D eigenvalue weighted by Gasteiger charge is 2.32. The number of hydrogen-bond donors (Lipinski definition) is 3. The summed E-state index contributed by atoms with van der Waals surface area (Å²) in [5.74, 6) is 0.456. The second-order valence-corrected chi connectivity index (χ2v) is 10.5. The molecule has 1 heterocycles. The van der Waals surface area contributed by atoms with Gasteiger partial charge in [0.25, 0.3) is 0 Å². The lowest BCUT2D eigenvalue weighted by molar-refractivity contribution is -0.137. The van der Waals surface area contributed by atoms with Crippen LogP contribution >= 0.6 is 22.6 Å². The lowest BCUT2D eigenvalue weighted by atomic mass is 9.85. The first kappa shape index (κ1) is 23.6. The summed E-state index contributed by atoms with van der Waals surface area (Å²) in [4.78, 5) is 2.47. The summed E-state index contributed by atoms with van der Waals surface area (Å²) in [6.45, 7) is 3.07. The molecule has 3 aliphatic rings. The van der Waals surface area contributed by atoms with Crippen molar-refractivity contribution in [1.82, 2.24) is 20.8 Å². The molecule has 2 aliphatic carbocycles. The lowest BCUT2D eigenvalue weighted by Gasteiger charge is -2.45. The van der Waals surface area contributed by atoms with Gasteiger partial charge >= 0.3 is 0 Å². The van der Waals surface area contributed by atoms with Gasteiger partial charge in [-0.2, -0.15) is 5.10 Å². The van der Waals surface area contributed by atoms with Crippen LogP contribution in [0.4, 0.5) is 0 Å². The topological polar surface area (TPSA) is 121 Å². The third-order valence-electron chi connectivity index (χ3n) is 6.72. The zero-order valence-corrected chi connectivity index (χ0v) is 19.1. The van der Waals surface area contributed by atoms with Gasteiger partial charge in [-0.05, 0) is 70.9 Å². The van der Waals surface area contributed by atoms with Crippen molar-refractivity contribution in [2.45, 2.75) is 86.3 Å². The van der Waals surface area contributed by atoms with Crippen LogP contribution in [0.2, 0.25) is 0 Å². The number of likely N-dealkylation sites (tertiary alicyclic amines) is 1. The van der Waals surface area contributed by atoms with Gasteiger partial charge in [0.05, 0.1) is 11.8 Å². The van der Waals surface area contributed by atoms with Crippen molar-refractivity contribution in [2.24, 2.45) is 11.0 Å². The summed E-state index contributed by atoms with van der Waals surface area (Å²) in [5, 5.41) is 46.2. The molecule has 0 radical (unpaired) electrons. The van der Waals surface area contributed by atoms with E-state index in [1.54, 1.807) is 0 Å². The molecule has 3 atom stereocenters. The van der Waals surface area contributed by atoms with E-state index in [-0.39, 0.29) is 22.9 Å². The minimum absolute atomic E-state index is 0.0888. The number of piperidine rings is 1. The Morgan fingerprint density at radius 1 is 1.00 bits per heavy atom. The largest absolute Gasteiger partial charge is 0.762 e. The fourth-order valence-electron chi connectivity index (χ4n) is 4.87. The van der Waals surface area contributed by atoms with Crippen LogP contribution in [0, 0.1) is 16.3 Å². The maximum atomic E-state index is 11.6. The Labute approximate surface area is 186 Å². The predicted molar refractivity (Wildman–Crippen MR) is 120 cm³/mol. The van der Waals surface area contributed by atoms with Gasteiger partial charge < -0.3 is 26.3 Å². The molecule has 0 aromatic rings. The maximum absolute atomic E-state index is 11.6. The van der Waals surface area contributed by atoms with Crippen molar-refractivity contribution in [2.75, 3.05) is 19.6 Å². The Morgan fingerprint density at radius 3 is 2.31 bits per heavy atom. The average Bonchev–Trinajstić information content (AvgIpc) is 2.72. The Morgan fingerprint density at radius 2 is 1.69 bits per heavy atom. The van der Waals surface area contributed by atoms with Crippen molar-refractivity contribution in [3.8, 4) is 0 Å². The van der Waals surface area contributed by atoms with Crippen molar-refractivity contribution in [3.63, 3.8) is 0 Å². The molecule has 9 nitrogen and oxygen atoms in total. The second-order valence-electron chi connectivity index (χ2n) is 8.76. The van der Waals surface area contributed by atoms with Gasteiger partial charge in [0, 0.05) is 28.5 Å². The first-order valence-corrected chi connectivity index (χ1v) is 12.2. The standard InChI is InChI=1S/C19H34IN5O4/c20-15-6-4-14(5-7-15)18(13-23-10-2-1-3-11-23)22-21-17-9-8-16(24(26)27)12-19(17)25(28)29/h14-17,19,21,26,28H,1-13H2/q-2. The molecule has 0 aromatic carbocycles. The summed E-state index contributed by atoms with van der Waals surface area (Å²) in [6, 6.07) is -1.81. The van der Waals surface area contributed by atoms with Crippen LogP contribution in [0.5, 0.6) is 0 Å². The van der Waals surface area contributed by atoms with Gasteiger partial charge in [-0.25, -0.2) is 0 Å². The molecule has 1 saturated heterocycles. The van der Waals surface area contributed by atoms with Crippen LogP contribution in [-0.2, 0) is 0 Å². The highest BCUT2D eigenvalue weighted by Crippen LogP contribution is 2.31. The summed E-state index contributed by atoms with van der Waals surface area (Å²) in [7, 11) is 0. The molecule has 0 spiro atoms. The van der Waals surface area contributed by atoms with Crippen LogP contribution < -0.4 is 5.43 Å². The van der Waals surface area contributed by atoms with E-state index in [1.807, 2.05) is 0 Å². The molecule has 0 aromatic heterocycles. The minimum atomic E-state index is -0.803. The molecule has 168 valence electrons. The smallest absolute Gasteiger partial charge is 0.0608 e. The van der Waals surface area contributed by atoms with E-state index in [0.29, 0.717) is 18.8 Å². The SMILES string of the molecule is [O-]N(O)C1CCC(NN=C(CN2CCCCC2)C2CCC(I)CC2)C(N([O-])O)C1. The van der Waals surface area contributed by atoms with Crippen molar-refractivity contribution in [3.05, 3.63) is 10.4 Å². The van der Waals surface area contributed by atoms with E-state index in [2.05, 4.69) is 32.9 Å². The van der Waals surface area contributed by atoms with E-state index in [1.165, 1.54) is 32.1 Å². The van der Waals surface area contributed by atoms with Crippen molar-refractivity contribution >= 4 is 28.3 Å². The summed E-state index contributed by atoms with van der Waals surface area (Å²) < 4.78 is 0.740. The zero-order chi connectivity index (χ0) is 20.8. The Kier molecular flexibility index (Phi) is 9.36. The number of hydrazone groups is 1. The third-order valence-corrected chi connectivity index (χ3v) is 7.97. The number of hydroxylamine groups is 4. The molecule has 0 amide bonds. The van der Waals surface area contributed by atoms with Gasteiger partial charge in [-0.15, -0.1) is 0 Å². The lowest BCUT2D eigenvalue weighted by Crippen LogP contribution is -2.53. The highest BCUT2D eigenvalue weighted by molar-refractivity contribution is 14.1. The first-order valence-electron chi connectivity index (χ1n) is 10.9. The number of rotatable bonds is 7. The number of alkyl halides is 1. The number of nitrogens with zero attached hydrogens (tertiary/aromatic N) is 4. The highest BCUT2D eigenvalue weighted by atomic mass is 127. The summed E-state index contributed by atoms with van der Waals surface area (Å²) >= 11 is 2.54. The van der Waals surface area contributed by atoms with E-state index in [0.717, 1.165) is 42.1 Å². The van der Waals surface area contributed by atoms with Crippen molar-refractivity contribution in [1.29, 1.82) is 0 Å². The van der Waals surface area contributed by atoms with E-state index >= 15 is 0 Å². The molecule has 0 bridgehead atoms. The number of nitrogens with one attached hydrogen (secondary N) is 1. The third kappa shape index (κ3) is 6.96. The van der Waals surface area contributed by atoms with E-state index in [9.17, 15) is 20.8 Å². The minimum Gasteiger partial charge on any atom is -0.762 e. The van der Waals surface area contributed by atoms with Gasteiger partial charge in [0.15, 0.2) is 0 Å². The molecule has 10 heteroatoms. The van der Waals surface area contributed by atoms with Gasteiger partial charge in [0.2, 0.25) is 0 Å². The van der Waals surface area contributed by atoms with Crippen LogP contribution in [0.25, 0.3) is 0 Å². The Bertz CT molecular complexity index is 525. The number of hydrogen-bond acceptors (Lipinski definition) is 9. The van der Waals surface area contributed by atoms with Crippen molar-refractivity contribution < 1.29 is 10.4 Å². The maximum Gasteiger partial charge on any atom is 0.0608 e. The first-order chi connectivity index (χ1) is 13.9. The quantitative estimate of drug-likeness (QED) is 0.202. The Hall–Kier alpha value is -0.0800. The fourth-order valence-corrected chi connectivity index (χ4v) is 5.59. The Balaban J connectivity index is 1.67. The molecule has 29 heavy (non-hydrogen) atoms. The summed E-state index contributed by atoms with van der Waals surface area (Å²) in [6.07, 6.45) is 9.51. The predicted octanol–water partition coefficient (Wildman–Crippen LogP) is 3.08. The summed E-state index contributed by atoms with van der Waals surface area (Å²) in [5.41, 5.74) is 4.32. The molecule has 3 unspecified atom stereocenters. The molecule has 3 fully saturated rings. The molecular formula is C19H34IN5O4-2. The monoisotopic (exact) mass is 523 g/mol. The van der Waals surface area contributed by atoms with Crippen LogP contribution in [0.1, 0.15) is 64.2 Å². The van der Waals surface area contributed by atoms with Crippen LogP contribution in [0.3, 0.4) is 0 Å². The normalized spacial score (nSPS) is 35.3. The number of halogens is 1. The molecule has 3 N–H and O–H groups in total. The fraction of sp³-hybridized carbons (Fsp3) is 0.947. The van der Waals surface area contributed by atoms with Gasteiger partial charge in [0.1, 0.15) is 0 Å². The average molecular weight is 523 g/mol. The van der Waals surface area contributed by atoms with Crippen LogP contribution in [-0.4, -0.2) is 73.2 Å². The molecular weight excluding hydrogens is 489 g/mol. The van der Waals surface area contributed by atoms with Gasteiger partial charge in [-0.1, -0.05) is 29.0 Å². The molecule has 2 saturated carbocycles. The zero-order valence-electron chi connectivity index (χ0n) is 17.0. The van der Waals surface area contributed by atoms with E-state index in [4.69, 9.17) is 5.10 Å². The van der Waals surface area contributed by atoms with Crippen LogP contribution in [0.15, 0.2) is 5.10 Å².